The lowest BCUT2D eigenvalue weighted by Gasteiger charge is -2.08. The average molecular weight is 615 g/mol. The summed E-state index contributed by atoms with van der Waals surface area (Å²) in [7, 11) is 0. The Kier molecular flexibility index (Phi) is 15.7. The van der Waals surface area contributed by atoms with Crippen LogP contribution in [0, 0.1) is 6.92 Å². The van der Waals surface area contributed by atoms with Gasteiger partial charge in [-0.15, -0.1) is 0 Å². The van der Waals surface area contributed by atoms with Gasteiger partial charge in [0, 0.05) is 35.7 Å². The smallest absolute Gasteiger partial charge is 0.128 e. The van der Waals surface area contributed by atoms with E-state index in [2.05, 4.69) is 23.1 Å². The molecule has 0 fully saturated rings. The van der Waals surface area contributed by atoms with Gasteiger partial charge in [-0.2, -0.15) is 0 Å². The zero-order chi connectivity index (χ0) is 32.1. The van der Waals surface area contributed by atoms with E-state index >= 15 is 0 Å². The SMILES string of the molecule is C=COCCCCCCOc1ccc(C=Nc2ccc(N=Cc3ccc(OCCCCCCOC=C)cc3O)c(C)c2)c(O)c1. The van der Waals surface area contributed by atoms with Gasteiger partial charge in [-0.3, -0.25) is 9.98 Å². The predicted octanol–water partition coefficient (Wildman–Crippen LogP) is 9.11. The number of aromatic hydroxyl groups is 2. The Hall–Kier alpha value is -4.72. The first-order valence-corrected chi connectivity index (χ1v) is 15.6. The zero-order valence-corrected chi connectivity index (χ0v) is 26.3. The van der Waals surface area contributed by atoms with Crippen LogP contribution in [0.1, 0.15) is 68.1 Å². The summed E-state index contributed by atoms with van der Waals surface area (Å²) in [4.78, 5) is 9.09. The van der Waals surface area contributed by atoms with Crippen molar-refractivity contribution < 1.29 is 29.2 Å². The Balaban J connectivity index is 1.45. The average Bonchev–Trinajstić information content (AvgIpc) is 3.03. The fourth-order valence-corrected chi connectivity index (χ4v) is 4.42. The summed E-state index contributed by atoms with van der Waals surface area (Å²) in [6.07, 6.45) is 14.3. The minimum absolute atomic E-state index is 0.109. The lowest BCUT2D eigenvalue weighted by Crippen LogP contribution is -1.98. The molecular weight excluding hydrogens is 568 g/mol. The molecule has 240 valence electrons. The second-order valence-corrected chi connectivity index (χ2v) is 10.5. The normalized spacial score (nSPS) is 11.1. The van der Waals surface area contributed by atoms with Crippen molar-refractivity contribution in [2.45, 2.75) is 58.3 Å². The van der Waals surface area contributed by atoms with Crippen LogP contribution in [0.3, 0.4) is 0 Å². The van der Waals surface area contributed by atoms with Crippen molar-refractivity contribution in [2.24, 2.45) is 9.98 Å². The number of aryl methyl sites for hydroxylation is 1. The number of nitrogens with zero attached hydrogens (tertiary/aromatic N) is 2. The zero-order valence-electron chi connectivity index (χ0n) is 26.3. The molecule has 2 N–H and O–H groups in total. The third kappa shape index (κ3) is 13.2. The topological polar surface area (TPSA) is 102 Å². The number of unbranched alkanes of at least 4 members (excludes halogenated alkanes) is 6. The van der Waals surface area contributed by atoms with Crippen molar-refractivity contribution in [1.29, 1.82) is 0 Å². The van der Waals surface area contributed by atoms with E-state index in [1.54, 1.807) is 36.7 Å². The van der Waals surface area contributed by atoms with Crippen molar-refractivity contribution in [3.8, 4) is 23.0 Å². The van der Waals surface area contributed by atoms with Crippen LogP contribution in [0.25, 0.3) is 0 Å². The number of hydrogen-bond acceptors (Lipinski definition) is 8. The summed E-state index contributed by atoms with van der Waals surface area (Å²) in [6, 6.07) is 16.1. The summed E-state index contributed by atoms with van der Waals surface area (Å²) in [5.74, 6) is 1.47. The third-order valence-electron chi connectivity index (χ3n) is 6.97. The maximum atomic E-state index is 10.5. The van der Waals surface area contributed by atoms with Crippen molar-refractivity contribution in [3.63, 3.8) is 0 Å². The molecule has 0 aromatic heterocycles. The van der Waals surface area contributed by atoms with Crippen LogP contribution >= 0.6 is 0 Å². The minimum Gasteiger partial charge on any atom is -0.507 e. The van der Waals surface area contributed by atoms with Crippen LogP contribution < -0.4 is 9.47 Å². The summed E-state index contributed by atoms with van der Waals surface area (Å²) >= 11 is 0. The van der Waals surface area contributed by atoms with Gasteiger partial charge in [0.15, 0.2) is 0 Å². The lowest BCUT2D eigenvalue weighted by molar-refractivity contribution is 0.239. The molecule has 3 aromatic carbocycles. The molecule has 0 aliphatic heterocycles. The van der Waals surface area contributed by atoms with Gasteiger partial charge in [0.2, 0.25) is 0 Å². The Morgan fingerprint density at radius 1 is 0.600 bits per heavy atom. The second-order valence-electron chi connectivity index (χ2n) is 10.5. The quantitative estimate of drug-likeness (QED) is 0.0665. The third-order valence-corrected chi connectivity index (χ3v) is 6.97. The van der Waals surface area contributed by atoms with Crippen LogP contribution in [0.15, 0.2) is 90.3 Å². The van der Waals surface area contributed by atoms with Gasteiger partial charge < -0.3 is 29.2 Å². The number of phenolic OH excluding ortho intramolecular Hbond substituents is 2. The van der Waals surface area contributed by atoms with E-state index in [-0.39, 0.29) is 11.5 Å². The van der Waals surface area contributed by atoms with E-state index in [4.69, 9.17) is 18.9 Å². The lowest BCUT2D eigenvalue weighted by atomic mass is 10.1. The number of ether oxygens (including phenoxy) is 4. The van der Waals surface area contributed by atoms with Crippen molar-refractivity contribution in [1.82, 2.24) is 0 Å². The number of aliphatic imine (C=N–C) groups is 2. The Morgan fingerprint density at radius 2 is 1.09 bits per heavy atom. The Labute approximate surface area is 267 Å². The van der Waals surface area contributed by atoms with Crippen molar-refractivity contribution >= 4 is 23.8 Å². The maximum absolute atomic E-state index is 10.5. The standard InChI is InChI=1S/C37H46N2O6/c1-4-42-20-10-6-8-12-22-44-33-17-14-30(36(40)25-33)27-38-32-16-19-35(29(3)24-32)39-28-31-15-18-34(26-37(31)41)45-23-13-9-7-11-21-43-5-2/h4-5,14-19,24-28,40-41H,1-2,6-13,20-23H2,3H3. The molecule has 0 saturated carbocycles. The minimum atomic E-state index is 0.109. The Bertz CT molecular complexity index is 1400. The summed E-state index contributed by atoms with van der Waals surface area (Å²) in [5.41, 5.74) is 3.63. The number of phenols is 2. The predicted molar refractivity (Wildman–Crippen MR) is 182 cm³/mol. The fraction of sp³-hybridized carbons (Fsp3) is 0.351. The first-order chi connectivity index (χ1) is 22.0. The first kappa shape index (κ1) is 34.8. The summed E-state index contributed by atoms with van der Waals surface area (Å²) in [5, 5.41) is 20.9. The molecule has 0 heterocycles. The fourth-order valence-electron chi connectivity index (χ4n) is 4.42. The first-order valence-electron chi connectivity index (χ1n) is 15.6. The van der Waals surface area contributed by atoms with E-state index in [1.807, 2.05) is 37.3 Å². The molecule has 0 aliphatic rings. The second kappa shape index (κ2) is 20.3. The molecular formula is C37H46N2O6. The monoisotopic (exact) mass is 614 g/mol. The summed E-state index contributed by atoms with van der Waals surface area (Å²) in [6.45, 7) is 11.6. The molecule has 0 radical (unpaired) electrons. The van der Waals surface area contributed by atoms with E-state index in [0.29, 0.717) is 49.1 Å². The number of hydrogen-bond donors (Lipinski definition) is 2. The number of benzene rings is 3. The molecule has 3 aromatic rings. The van der Waals surface area contributed by atoms with Crippen LogP contribution in [0.5, 0.6) is 23.0 Å². The van der Waals surface area contributed by atoms with Gasteiger partial charge in [-0.05, 0) is 106 Å². The highest BCUT2D eigenvalue weighted by Crippen LogP contribution is 2.28. The molecule has 8 heteroatoms. The summed E-state index contributed by atoms with van der Waals surface area (Å²) < 4.78 is 21.8. The molecule has 45 heavy (non-hydrogen) atoms. The van der Waals surface area contributed by atoms with Gasteiger partial charge in [0.1, 0.15) is 23.0 Å². The van der Waals surface area contributed by atoms with E-state index in [0.717, 1.165) is 68.3 Å². The van der Waals surface area contributed by atoms with Gasteiger partial charge >= 0.3 is 0 Å². The van der Waals surface area contributed by atoms with Crippen molar-refractivity contribution in [2.75, 3.05) is 26.4 Å². The maximum Gasteiger partial charge on any atom is 0.128 e. The molecule has 0 atom stereocenters. The molecule has 0 spiro atoms. The van der Waals surface area contributed by atoms with Gasteiger partial charge in [-0.25, -0.2) is 0 Å². The highest BCUT2D eigenvalue weighted by atomic mass is 16.5. The van der Waals surface area contributed by atoms with Crippen LogP contribution in [-0.4, -0.2) is 49.1 Å². The van der Waals surface area contributed by atoms with E-state index in [9.17, 15) is 10.2 Å². The van der Waals surface area contributed by atoms with Gasteiger partial charge in [0.05, 0.1) is 50.3 Å². The Morgan fingerprint density at radius 3 is 1.56 bits per heavy atom. The van der Waals surface area contributed by atoms with Crippen LogP contribution in [0.2, 0.25) is 0 Å². The molecule has 3 rings (SSSR count). The van der Waals surface area contributed by atoms with E-state index in [1.165, 1.54) is 12.5 Å². The molecule has 8 nitrogen and oxygen atoms in total. The molecule has 0 saturated heterocycles. The van der Waals surface area contributed by atoms with Crippen LogP contribution in [0.4, 0.5) is 11.4 Å². The molecule has 0 unspecified atom stereocenters. The largest absolute Gasteiger partial charge is 0.507 e. The molecule has 0 bridgehead atoms. The van der Waals surface area contributed by atoms with Crippen molar-refractivity contribution in [3.05, 3.63) is 97.0 Å². The highest BCUT2D eigenvalue weighted by molar-refractivity contribution is 5.87. The highest BCUT2D eigenvalue weighted by Gasteiger charge is 2.05. The van der Waals surface area contributed by atoms with E-state index < -0.39 is 0 Å². The van der Waals surface area contributed by atoms with Gasteiger partial charge in [-0.1, -0.05) is 13.2 Å². The molecule has 0 aliphatic carbocycles. The number of rotatable bonds is 22. The van der Waals surface area contributed by atoms with Gasteiger partial charge in [0.25, 0.3) is 0 Å². The van der Waals surface area contributed by atoms with Crippen LogP contribution in [-0.2, 0) is 9.47 Å². The molecule has 0 amide bonds.